The van der Waals surface area contributed by atoms with Gasteiger partial charge in [0.2, 0.25) is 5.95 Å². The molecule has 0 saturated heterocycles. The van der Waals surface area contributed by atoms with E-state index < -0.39 is 5.82 Å². The minimum Gasteiger partial charge on any atom is -0.351 e. The number of fused-ring (bicyclic) bond motifs is 1. The van der Waals surface area contributed by atoms with Crippen LogP contribution >= 0.6 is 11.3 Å². The van der Waals surface area contributed by atoms with E-state index in [9.17, 15) is 9.18 Å². The fourth-order valence-electron chi connectivity index (χ4n) is 2.41. The van der Waals surface area contributed by atoms with Crippen LogP contribution < -0.4 is 10.6 Å². The highest BCUT2D eigenvalue weighted by atomic mass is 32.1. The van der Waals surface area contributed by atoms with E-state index in [2.05, 4.69) is 30.6 Å². The molecular weight excluding hydrogens is 355 g/mol. The third-order valence-electron chi connectivity index (χ3n) is 3.68. The van der Waals surface area contributed by atoms with E-state index in [4.69, 9.17) is 0 Å². The summed E-state index contributed by atoms with van der Waals surface area (Å²) < 4.78 is 14.0. The third kappa shape index (κ3) is 3.93. The van der Waals surface area contributed by atoms with Gasteiger partial charge in [0.15, 0.2) is 11.3 Å². The van der Waals surface area contributed by atoms with Crippen LogP contribution in [-0.4, -0.2) is 32.4 Å². The lowest BCUT2D eigenvalue weighted by atomic mass is 10.1. The molecule has 0 fully saturated rings. The highest BCUT2D eigenvalue weighted by Crippen LogP contribution is 2.26. The minimum atomic E-state index is -0.415. The lowest BCUT2D eigenvalue weighted by molar-refractivity contribution is 0.0950. The zero-order chi connectivity index (χ0) is 18.7. The first-order valence-electron chi connectivity index (χ1n) is 8.28. The Balaban J connectivity index is 1.94. The van der Waals surface area contributed by atoms with Gasteiger partial charge in [0.05, 0.1) is 17.2 Å². The fourth-order valence-corrected chi connectivity index (χ4v) is 3.26. The second-order valence-electron chi connectivity index (χ2n) is 5.84. The van der Waals surface area contributed by atoms with Crippen LogP contribution in [0.4, 0.5) is 10.3 Å². The Hall–Kier alpha value is -2.68. The van der Waals surface area contributed by atoms with Gasteiger partial charge >= 0.3 is 0 Å². The molecule has 9 heteroatoms. The van der Waals surface area contributed by atoms with E-state index in [0.717, 1.165) is 17.6 Å². The van der Waals surface area contributed by atoms with Crippen LogP contribution in [0.1, 0.15) is 47.4 Å². The summed E-state index contributed by atoms with van der Waals surface area (Å²) in [6.07, 6.45) is 3.55. The Morgan fingerprint density at radius 2 is 2.12 bits per heavy atom. The number of anilines is 1. The Morgan fingerprint density at radius 3 is 2.85 bits per heavy atom. The predicted octanol–water partition coefficient (Wildman–Crippen LogP) is 3.24. The topological polar surface area (TPSA) is 92.7 Å². The van der Waals surface area contributed by atoms with E-state index in [1.165, 1.54) is 17.4 Å². The van der Waals surface area contributed by atoms with Crippen molar-refractivity contribution in [3.63, 3.8) is 0 Å². The maximum Gasteiger partial charge on any atom is 0.271 e. The first-order valence-corrected chi connectivity index (χ1v) is 9.10. The number of rotatable bonds is 6. The van der Waals surface area contributed by atoms with E-state index in [1.807, 2.05) is 20.8 Å². The summed E-state index contributed by atoms with van der Waals surface area (Å²) in [7, 11) is 0. The number of halogens is 1. The molecule has 0 aromatic carbocycles. The van der Waals surface area contributed by atoms with Gasteiger partial charge in [-0.3, -0.25) is 9.78 Å². The number of aromatic nitrogens is 4. The number of hydrogen-bond acceptors (Lipinski definition) is 7. The largest absolute Gasteiger partial charge is 0.351 e. The number of pyridine rings is 1. The van der Waals surface area contributed by atoms with Crippen molar-refractivity contribution in [3.05, 3.63) is 40.5 Å². The van der Waals surface area contributed by atoms with Crippen LogP contribution in [0.2, 0.25) is 0 Å². The maximum absolute atomic E-state index is 13.4. The van der Waals surface area contributed by atoms with Crippen molar-refractivity contribution >= 4 is 33.5 Å². The summed E-state index contributed by atoms with van der Waals surface area (Å²) in [6, 6.07) is 1.10. The highest BCUT2D eigenvalue weighted by molar-refractivity contribution is 7.18. The second kappa shape index (κ2) is 7.69. The molecule has 3 rings (SSSR count). The molecule has 1 unspecified atom stereocenters. The highest BCUT2D eigenvalue weighted by Gasteiger charge is 2.19. The van der Waals surface area contributed by atoms with Gasteiger partial charge in [0.1, 0.15) is 10.5 Å². The van der Waals surface area contributed by atoms with Gasteiger partial charge in [-0.05, 0) is 31.9 Å². The number of thiazole rings is 1. The predicted molar refractivity (Wildman–Crippen MR) is 98.8 cm³/mol. The second-order valence-corrected chi connectivity index (χ2v) is 7.04. The quantitative estimate of drug-likeness (QED) is 0.688. The molecule has 2 N–H and O–H groups in total. The molecule has 3 heterocycles. The molecule has 0 radical (unpaired) electrons. The van der Waals surface area contributed by atoms with E-state index in [1.54, 1.807) is 6.20 Å². The Bertz CT molecular complexity index is 944. The Labute approximate surface area is 154 Å². The van der Waals surface area contributed by atoms with Crippen LogP contribution in [0, 0.1) is 12.7 Å². The molecule has 0 spiro atoms. The van der Waals surface area contributed by atoms with Crippen molar-refractivity contribution in [1.29, 1.82) is 0 Å². The van der Waals surface area contributed by atoms with E-state index in [0.29, 0.717) is 28.1 Å². The minimum absolute atomic E-state index is 0.258. The molecule has 7 nitrogen and oxygen atoms in total. The van der Waals surface area contributed by atoms with Gasteiger partial charge in [0.25, 0.3) is 5.91 Å². The normalized spacial score (nSPS) is 12.2. The zero-order valence-corrected chi connectivity index (χ0v) is 15.5. The molecule has 1 amide bonds. The van der Waals surface area contributed by atoms with E-state index >= 15 is 0 Å². The first-order chi connectivity index (χ1) is 12.5. The number of amides is 1. The van der Waals surface area contributed by atoms with Crippen molar-refractivity contribution < 1.29 is 9.18 Å². The van der Waals surface area contributed by atoms with Crippen molar-refractivity contribution in [3.8, 4) is 0 Å². The molecule has 3 aromatic heterocycles. The van der Waals surface area contributed by atoms with Crippen LogP contribution in [-0.2, 0) is 0 Å². The van der Waals surface area contributed by atoms with Crippen LogP contribution in [0.3, 0.4) is 0 Å². The fraction of sp³-hybridized carbons (Fsp3) is 0.353. The maximum atomic E-state index is 13.4. The molecule has 3 aromatic rings. The summed E-state index contributed by atoms with van der Waals surface area (Å²) in [6.45, 7) is 6.24. The van der Waals surface area contributed by atoms with Crippen LogP contribution in [0.25, 0.3) is 10.3 Å². The lowest BCUT2D eigenvalue weighted by Crippen LogP contribution is -2.25. The van der Waals surface area contributed by atoms with Gasteiger partial charge in [-0.2, -0.15) is 4.98 Å². The van der Waals surface area contributed by atoms with E-state index in [-0.39, 0.29) is 17.9 Å². The Kier molecular flexibility index (Phi) is 5.36. The average Bonchev–Trinajstić information content (AvgIpc) is 2.99. The molecular formula is C17H19FN6OS. The van der Waals surface area contributed by atoms with Crippen LogP contribution in [0.15, 0.2) is 18.5 Å². The summed E-state index contributed by atoms with van der Waals surface area (Å²) in [5.41, 5.74) is 1.41. The van der Waals surface area contributed by atoms with Crippen molar-refractivity contribution in [2.24, 2.45) is 0 Å². The SMILES string of the molecule is CCCNC(=O)c1nc(NC(C)c2cncc(F)c2)nc2nc(C)sc12. The molecule has 26 heavy (non-hydrogen) atoms. The van der Waals surface area contributed by atoms with Crippen molar-refractivity contribution in [2.75, 3.05) is 11.9 Å². The van der Waals surface area contributed by atoms with Crippen molar-refractivity contribution in [2.45, 2.75) is 33.2 Å². The number of nitrogens with one attached hydrogen (secondary N) is 2. The van der Waals surface area contributed by atoms with Gasteiger partial charge < -0.3 is 10.6 Å². The number of carbonyl (C=O) groups excluding carboxylic acids is 1. The van der Waals surface area contributed by atoms with Crippen molar-refractivity contribution in [1.82, 2.24) is 25.3 Å². The summed E-state index contributed by atoms with van der Waals surface area (Å²) in [4.78, 5) is 29.5. The number of hydrogen-bond donors (Lipinski definition) is 2. The van der Waals surface area contributed by atoms with Gasteiger partial charge in [-0.15, -0.1) is 11.3 Å². The molecule has 0 saturated carbocycles. The molecule has 0 bridgehead atoms. The molecule has 0 aliphatic heterocycles. The summed E-state index contributed by atoms with van der Waals surface area (Å²) in [5, 5.41) is 6.73. The third-order valence-corrected chi connectivity index (χ3v) is 4.65. The summed E-state index contributed by atoms with van der Waals surface area (Å²) in [5.74, 6) is -0.408. The van der Waals surface area contributed by atoms with Gasteiger partial charge in [0, 0.05) is 12.7 Å². The van der Waals surface area contributed by atoms with Crippen LogP contribution in [0.5, 0.6) is 0 Å². The lowest BCUT2D eigenvalue weighted by Gasteiger charge is -2.14. The molecule has 1 atom stereocenters. The van der Waals surface area contributed by atoms with Gasteiger partial charge in [-0.1, -0.05) is 6.92 Å². The number of aryl methyl sites for hydroxylation is 1. The average molecular weight is 374 g/mol. The monoisotopic (exact) mass is 374 g/mol. The standard InChI is InChI=1S/C17H19FN6OS/c1-4-5-20-16(25)13-14-15(22-10(3)26-14)24-17(23-13)21-9(2)11-6-12(18)8-19-7-11/h6-9H,4-5H2,1-3H3,(H,20,25)(H,21,23,24). The molecule has 0 aliphatic rings. The number of nitrogens with zero attached hydrogens (tertiary/aromatic N) is 4. The molecule has 136 valence electrons. The molecule has 0 aliphatic carbocycles. The first kappa shape index (κ1) is 18.1. The zero-order valence-electron chi connectivity index (χ0n) is 14.7. The van der Waals surface area contributed by atoms with Gasteiger partial charge in [-0.25, -0.2) is 14.4 Å². The Morgan fingerprint density at radius 1 is 1.31 bits per heavy atom. The summed E-state index contributed by atoms with van der Waals surface area (Å²) >= 11 is 1.38. The number of carbonyl (C=O) groups is 1. The smallest absolute Gasteiger partial charge is 0.271 e.